The fraction of sp³-hybridized carbons (Fsp3) is 0.278. The topological polar surface area (TPSA) is 66.0 Å². The van der Waals surface area contributed by atoms with Gasteiger partial charge >= 0.3 is 0 Å². The van der Waals surface area contributed by atoms with Crippen molar-refractivity contribution in [2.24, 2.45) is 0 Å². The molecule has 1 N–H and O–H groups in total. The lowest BCUT2D eigenvalue weighted by Gasteiger charge is -2.17. The van der Waals surface area contributed by atoms with Gasteiger partial charge in [0.15, 0.2) is 29.1 Å². The molecule has 128 valence electrons. The third-order valence-electron chi connectivity index (χ3n) is 3.39. The summed E-state index contributed by atoms with van der Waals surface area (Å²) in [5, 5.41) is 2.79. The van der Waals surface area contributed by atoms with Crippen LogP contribution in [0.15, 0.2) is 42.5 Å². The molecule has 0 fully saturated rings. The number of carbonyl (C=O) groups is 1. The maximum Gasteiger partial charge on any atom is 0.265 e. The largest absolute Gasteiger partial charge is 0.493 e. The van der Waals surface area contributed by atoms with Crippen molar-refractivity contribution in [2.75, 3.05) is 26.6 Å². The molecule has 0 bridgehead atoms. The lowest BCUT2D eigenvalue weighted by Crippen LogP contribution is -2.30. The van der Waals surface area contributed by atoms with E-state index >= 15 is 0 Å². The first-order valence-electron chi connectivity index (χ1n) is 7.41. The molecule has 0 aromatic heterocycles. The Bertz CT molecular complexity index is 702. The first kappa shape index (κ1) is 17.5. The van der Waals surface area contributed by atoms with Gasteiger partial charge in [0.25, 0.3) is 5.91 Å². The Hall–Kier alpha value is -2.89. The number of carbonyl (C=O) groups excluding carboxylic acids is 1. The summed E-state index contributed by atoms with van der Waals surface area (Å²) in [5.41, 5.74) is 0.591. The molecular weight excluding hydrogens is 310 g/mol. The molecule has 2 aromatic carbocycles. The smallest absolute Gasteiger partial charge is 0.265 e. The van der Waals surface area contributed by atoms with E-state index in [1.807, 2.05) is 12.1 Å². The van der Waals surface area contributed by atoms with Gasteiger partial charge in [-0.3, -0.25) is 4.79 Å². The summed E-state index contributed by atoms with van der Waals surface area (Å²) in [6.45, 7) is 1.67. The molecule has 0 spiro atoms. The number of para-hydroxylation sites is 2. The molecule has 0 aliphatic heterocycles. The SMILES string of the molecule is COc1ccc(NC(=O)C(C)Oc2ccccc2OC)cc1OC. The van der Waals surface area contributed by atoms with Gasteiger partial charge < -0.3 is 24.3 Å². The first-order valence-corrected chi connectivity index (χ1v) is 7.41. The molecular formula is C18H21NO5. The van der Waals surface area contributed by atoms with Crippen LogP contribution in [0.4, 0.5) is 5.69 Å². The zero-order chi connectivity index (χ0) is 17.5. The number of rotatable bonds is 7. The Labute approximate surface area is 141 Å². The zero-order valence-corrected chi connectivity index (χ0v) is 14.2. The number of ether oxygens (including phenoxy) is 4. The normalized spacial score (nSPS) is 11.3. The van der Waals surface area contributed by atoms with Crippen molar-refractivity contribution in [3.63, 3.8) is 0 Å². The van der Waals surface area contributed by atoms with Crippen molar-refractivity contribution in [1.29, 1.82) is 0 Å². The van der Waals surface area contributed by atoms with Gasteiger partial charge in [0.2, 0.25) is 0 Å². The molecule has 0 saturated heterocycles. The van der Waals surface area contributed by atoms with E-state index in [0.29, 0.717) is 28.7 Å². The van der Waals surface area contributed by atoms with Gasteiger partial charge in [-0.1, -0.05) is 12.1 Å². The van der Waals surface area contributed by atoms with Crippen LogP contribution in [0, 0.1) is 0 Å². The van der Waals surface area contributed by atoms with Crippen molar-refractivity contribution in [2.45, 2.75) is 13.0 Å². The van der Waals surface area contributed by atoms with Gasteiger partial charge in [-0.25, -0.2) is 0 Å². The first-order chi connectivity index (χ1) is 11.6. The summed E-state index contributed by atoms with van der Waals surface area (Å²) in [4.78, 5) is 12.3. The van der Waals surface area contributed by atoms with Gasteiger partial charge in [0.05, 0.1) is 21.3 Å². The Morgan fingerprint density at radius 2 is 1.46 bits per heavy atom. The van der Waals surface area contributed by atoms with E-state index in [1.54, 1.807) is 51.5 Å². The fourth-order valence-corrected chi connectivity index (χ4v) is 2.12. The number of amides is 1. The van der Waals surface area contributed by atoms with E-state index in [1.165, 1.54) is 7.11 Å². The van der Waals surface area contributed by atoms with E-state index in [4.69, 9.17) is 18.9 Å². The minimum Gasteiger partial charge on any atom is -0.493 e. The average molecular weight is 331 g/mol. The number of anilines is 1. The molecule has 0 aliphatic rings. The molecule has 0 heterocycles. The van der Waals surface area contributed by atoms with Crippen LogP contribution < -0.4 is 24.3 Å². The van der Waals surface area contributed by atoms with E-state index in [9.17, 15) is 4.79 Å². The van der Waals surface area contributed by atoms with Crippen LogP contribution in [0.3, 0.4) is 0 Å². The number of benzene rings is 2. The quantitative estimate of drug-likeness (QED) is 0.844. The van der Waals surface area contributed by atoms with E-state index in [-0.39, 0.29) is 5.91 Å². The van der Waals surface area contributed by atoms with Gasteiger partial charge in [-0.2, -0.15) is 0 Å². The summed E-state index contributed by atoms with van der Waals surface area (Å²) in [6, 6.07) is 12.3. The molecule has 0 saturated carbocycles. The minimum atomic E-state index is -0.700. The zero-order valence-electron chi connectivity index (χ0n) is 14.2. The van der Waals surface area contributed by atoms with Crippen LogP contribution in [0.2, 0.25) is 0 Å². The van der Waals surface area contributed by atoms with Crippen LogP contribution in [0.1, 0.15) is 6.92 Å². The lowest BCUT2D eigenvalue weighted by molar-refractivity contribution is -0.122. The highest BCUT2D eigenvalue weighted by Gasteiger charge is 2.17. The summed E-state index contributed by atoms with van der Waals surface area (Å²) in [6.07, 6.45) is -0.700. The van der Waals surface area contributed by atoms with Crippen LogP contribution >= 0.6 is 0 Å². The Balaban J connectivity index is 2.06. The second-order valence-electron chi connectivity index (χ2n) is 4.97. The lowest BCUT2D eigenvalue weighted by atomic mass is 10.2. The standard InChI is InChI=1S/C18H21NO5/c1-12(24-16-8-6-5-7-14(16)21-2)18(20)19-13-9-10-15(22-3)17(11-13)23-4/h5-12H,1-4H3,(H,19,20). The van der Waals surface area contributed by atoms with Crippen molar-refractivity contribution in [3.8, 4) is 23.0 Å². The maximum absolute atomic E-state index is 12.3. The molecule has 24 heavy (non-hydrogen) atoms. The van der Waals surface area contributed by atoms with E-state index in [2.05, 4.69) is 5.32 Å². The number of nitrogens with one attached hydrogen (secondary N) is 1. The second kappa shape index (κ2) is 8.10. The Morgan fingerprint density at radius 1 is 0.875 bits per heavy atom. The van der Waals surface area contributed by atoms with Crippen molar-refractivity contribution in [3.05, 3.63) is 42.5 Å². The van der Waals surface area contributed by atoms with Gasteiger partial charge in [0.1, 0.15) is 0 Å². The van der Waals surface area contributed by atoms with E-state index in [0.717, 1.165) is 0 Å². The molecule has 2 rings (SSSR count). The predicted molar refractivity (Wildman–Crippen MR) is 91.3 cm³/mol. The Kier molecular flexibility index (Phi) is 5.89. The van der Waals surface area contributed by atoms with Crippen molar-refractivity contribution in [1.82, 2.24) is 0 Å². The van der Waals surface area contributed by atoms with Crippen LogP contribution in [0.25, 0.3) is 0 Å². The summed E-state index contributed by atoms with van der Waals surface area (Å²) in [7, 11) is 4.65. The molecule has 1 atom stereocenters. The second-order valence-corrected chi connectivity index (χ2v) is 4.97. The highest BCUT2D eigenvalue weighted by molar-refractivity contribution is 5.94. The maximum atomic E-state index is 12.3. The third kappa shape index (κ3) is 4.10. The van der Waals surface area contributed by atoms with Crippen molar-refractivity contribution < 1.29 is 23.7 Å². The predicted octanol–water partition coefficient (Wildman–Crippen LogP) is 3.12. The molecule has 6 heteroatoms. The number of hydrogen-bond donors (Lipinski definition) is 1. The minimum absolute atomic E-state index is 0.284. The summed E-state index contributed by atoms with van der Waals surface area (Å²) in [5.74, 6) is 1.92. The molecule has 1 unspecified atom stereocenters. The molecule has 0 aliphatic carbocycles. The van der Waals surface area contributed by atoms with Crippen LogP contribution in [0.5, 0.6) is 23.0 Å². The number of hydrogen-bond acceptors (Lipinski definition) is 5. The fourth-order valence-electron chi connectivity index (χ4n) is 2.12. The van der Waals surface area contributed by atoms with Gasteiger partial charge in [-0.05, 0) is 31.2 Å². The highest BCUT2D eigenvalue weighted by atomic mass is 16.5. The number of methoxy groups -OCH3 is 3. The van der Waals surface area contributed by atoms with Gasteiger partial charge in [0, 0.05) is 11.8 Å². The van der Waals surface area contributed by atoms with Gasteiger partial charge in [-0.15, -0.1) is 0 Å². The van der Waals surface area contributed by atoms with E-state index < -0.39 is 6.10 Å². The highest BCUT2D eigenvalue weighted by Crippen LogP contribution is 2.30. The molecule has 1 amide bonds. The van der Waals surface area contributed by atoms with Crippen molar-refractivity contribution >= 4 is 11.6 Å². The summed E-state index contributed by atoms with van der Waals surface area (Å²) >= 11 is 0. The van der Waals surface area contributed by atoms with Crippen LogP contribution in [-0.2, 0) is 4.79 Å². The summed E-state index contributed by atoms with van der Waals surface area (Å²) < 4.78 is 21.3. The van der Waals surface area contributed by atoms with Crippen LogP contribution in [-0.4, -0.2) is 33.3 Å². The Morgan fingerprint density at radius 3 is 2.08 bits per heavy atom. The molecule has 6 nitrogen and oxygen atoms in total. The average Bonchev–Trinajstić information content (AvgIpc) is 2.61. The third-order valence-corrected chi connectivity index (χ3v) is 3.39. The molecule has 0 radical (unpaired) electrons. The molecule has 2 aromatic rings. The monoisotopic (exact) mass is 331 g/mol.